The van der Waals surface area contributed by atoms with Crippen molar-refractivity contribution in [1.29, 1.82) is 0 Å². The fourth-order valence-corrected chi connectivity index (χ4v) is 2.43. The number of rotatable bonds is 8. The molecule has 0 saturated carbocycles. The summed E-state index contributed by atoms with van der Waals surface area (Å²) in [6.45, 7) is 4.53. The molecule has 0 radical (unpaired) electrons. The minimum Gasteiger partial charge on any atom is -0.326 e. The van der Waals surface area contributed by atoms with E-state index in [0.717, 1.165) is 36.9 Å². The highest BCUT2D eigenvalue weighted by Gasteiger charge is 2.16. The third-order valence-electron chi connectivity index (χ3n) is 3.91. The highest BCUT2D eigenvalue weighted by molar-refractivity contribution is 5.92. The molecule has 2 aromatic rings. The first-order valence-corrected chi connectivity index (χ1v) is 8.20. The van der Waals surface area contributed by atoms with E-state index in [0.29, 0.717) is 18.2 Å². The fourth-order valence-electron chi connectivity index (χ4n) is 2.43. The molecule has 0 spiro atoms. The number of nitrogens with two attached hydrogens (primary N) is 1. The number of amides is 1. The summed E-state index contributed by atoms with van der Waals surface area (Å²) >= 11 is 0. The van der Waals surface area contributed by atoms with E-state index in [4.69, 9.17) is 5.73 Å². The second-order valence-corrected chi connectivity index (χ2v) is 5.62. The molecule has 1 aromatic carbocycles. The summed E-state index contributed by atoms with van der Waals surface area (Å²) in [6.07, 6.45) is 4.00. The van der Waals surface area contributed by atoms with Gasteiger partial charge in [-0.15, -0.1) is 0 Å². The molecule has 2 rings (SSSR count). The van der Waals surface area contributed by atoms with E-state index in [2.05, 4.69) is 34.3 Å². The first kappa shape index (κ1) is 17.1. The zero-order chi connectivity index (χ0) is 16.7. The Morgan fingerprint density at radius 1 is 1.30 bits per heavy atom. The van der Waals surface area contributed by atoms with Gasteiger partial charge in [0.1, 0.15) is 5.82 Å². The minimum absolute atomic E-state index is 0.0785. The van der Waals surface area contributed by atoms with Gasteiger partial charge in [-0.05, 0) is 37.1 Å². The standard InChI is InChI=1S/C17H25N5O/c1-3-5-6-12(4-2)17(23)19-14-9-7-13(8-10-14)16-20-15(11-18)21-22-16/h7-10,12H,3-6,11,18H2,1-2H3,(H,19,23)(H,20,21,22). The predicted octanol–water partition coefficient (Wildman–Crippen LogP) is 3.09. The molecule has 0 aliphatic carbocycles. The van der Waals surface area contributed by atoms with E-state index in [-0.39, 0.29) is 11.8 Å². The van der Waals surface area contributed by atoms with Crippen LogP contribution < -0.4 is 11.1 Å². The number of hydrogen-bond acceptors (Lipinski definition) is 4. The maximum Gasteiger partial charge on any atom is 0.227 e. The monoisotopic (exact) mass is 315 g/mol. The van der Waals surface area contributed by atoms with E-state index in [1.54, 1.807) is 0 Å². The molecule has 0 fully saturated rings. The van der Waals surface area contributed by atoms with Crippen molar-refractivity contribution in [3.05, 3.63) is 30.1 Å². The van der Waals surface area contributed by atoms with Gasteiger partial charge < -0.3 is 11.1 Å². The predicted molar refractivity (Wildman–Crippen MR) is 91.6 cm³/mol. The number of benzene rings is 1. The molecule has 6 nitrogen and oxygen atoms in total. The van der Waals surface area contributed by atoms with Gasteiger partial charge in [0, 0.05) is 17.2 Å². The topological polar surface area (TPSA) is 96.7 Å². The van der Waals surface area contributed by atoms with Crippen molar-refractivity contribution >= 4 is 11.6 Å². The molecule has 124 valence electrons. The van der Waals surface area contributed by atoms with Gasteiger partial charge in [0.15, 0.2) is 5.82 Å². The van der Waals surface area contributed by atoms with Crippen LogP contribution in [0.5, 0.6) is 0 Å². The number of aromatic amines is 1. The maximum atomic E-state index is 12.3. The Bertz CT molecular complexity index is 620. The first-order chi connectivity index (χ1) is 11.2. The molecule has 6 heteroatoms. The maximum absolute atomic E-state index is 12.3. The highest BCUT2D eigenvalue weighted by Crippen LogP contribution is 2.20. The highest BCUT2D eigenvalue weighted by atomic mass is 16.1. The van der Waals surface area contributed by atoms with Crippen LogP contribution in [-0.4, -0.2) is 21.1 Å². The van der Waals surface area contributed by atoms with Crippen molar-refractivity contribution in [1.82, 2.24) is 15.2 Å². The number of H-pyrrole nitrogens is 1. The van der Waals surface area contributed by atoms with Crippen molar-refractivity contribution in [2.45, 2.75) is 46.1 Å². The molecule has 1 heterocycles. The summed E-state index contributed by atoms with van der Waals surface area (Å²) in [4.78, 5) is 16.6. The van der Waals surface area contributed by atoms with Crippen LogP contribution >= 0.6 is 0 Å². The van der Waals surface area contributed by atoms with Gasteiger partial charge >= 0.3 is 0 Å². The third kappa shape index (κ3) is 4.63. The molecular weight excluding hydrogens is 290 g/mol. The zero-order valence-corrected chi connectivity index (χ0v) is 13.8. The molecular formula is C17H25N5O. The largest absolute Gasteiger partial charge is 0.326 e. The van der Waals surface area contributed by atoms with Crippen molar-refractivity contribution in [3.8, 4) is 11.4 Å². The normalized spacial score (nSPS) is 12.1. The Labute approximate surface area is 136 Å². The number of carbonyl (C=O) groups excluding carboxylic acids is 1. The van der Waals surface area contributed by atoms with E-state index in [9.17, 15) is 4.79 Å². The Morgan fingerprint density at radius 2 is 2.04 bits per heavy atom. The Hall–Kier alpha value is -2.21. The summed E-state index contributed by atoms with van der Waals surface area (Å²) in [5.74, 6) is 1.43. The average Bonchev–Trinajstić information content (AvgIpc) is 3.05. The summed E-state index contributed by atoms with van der Waals surface area (Å²) in [5, 5.41) is 9.90. The lowest BCUT2D eigenvalue weighted by Gasteiger charge is -2.14. The molecule has 0 aliphatic heterocycles. The Morgan fingerprint density at radius 3 is 2.61 bits per heavy atom. The second kappa shape index (κ2) is 8.43. The lowest BCUT2D eigenvalue weighted by Crippen LogP contribution is -2.22. The first-order valence-electron chi connectivity index (χ1n) is 8.20. The van der Waals surface area contributed by atoms with Crippen LogP contribution in [0.25, 0.3) is 11.4 Å². The van der Waals surface area contributed by atoms with Gasteiger partial charge in [-0.2, -0.15) is 5.10 Å². The van der Waals surface area contributed by atoms with Crippen molar-refractivity contribution < 1.29 is 4.79 Å². The van der Waals surface area contributed by atoms with E-state index in [1.165, 1.54) is 0 Å². The molecule has 0 saturated heterocycles. The van der Waals surface area contributed by atoms with Gasteiger partial charge in [0.2, 0.25) is 5.91 Å². The molecule has 4 N–H and O–H groups in total. The van der Waals surface area contributed by atoms with Gasteiger partial charge in [-0.1, -0.05) is 26.7 Å². The lowest BCUT2D eigenvalue weighted by atomic mass is 9.98. The molecule has 0 aliphatic rings. The summed E-state index contributed by atoms with van der Waals surface area (Å²) in [5.41, 5.74) is 7.20. The molecule has 23 heavy (non-hydrogen) atoms. The fraction of sp³-hybridized carbons (Fsp3) is 0.471. The number of nitrogens with one attached hydrogen (secondary N) is 2. The lowest BCUT2D eigenvalue weighted by molar-refractivity contribution is -0.120. The molecule has 1 unspecified atom stereocenters. The number of unbranched alkanes of at least 4 members (excludes halogenated alkanes) is 1. The van der Waals surface area contributed by atoms with E-state index in [1.807, 2.05) is 24.3 Å². The number of carbonyl (C=O) groups is 1. The van der Waals surface area contributed by atoms with Gasteiger partial charge in [-0.25, -0.2) is 4.98 Å². The zero-order valence-electron chi connectivity index (χ0n) is 13.8. The van der Waals surface area contributed by atoms with E-state index >= 15 is 0 Å². The van der Waals surface area contributed by atoms with Crippen molar-refractivity contribution in [2.75, 3.05) is 5.32 Å². The van der Waals surface area contributed by atoms with Crippen LogP contribution in [0.1, 0.15) is 45.4 Å². The van der Waals surface area contributed by atoms with Gasteiger partial charge in [0.25, 0.3) is 0 Å². The van der Waals surface area contributed by atoms with Crippen molar-refractivity contribution in [2.24, 2.45) is 11.7 Å². The number of nitrogens with zero attached hydrogens (tertiary/aromatic N) is 2. The van der Waals surface area contributed by atoms with Gasteiger partial charge in [-0.3, -0.25) is 9.89 Å². The molecule has 1 atom stereocenters. The second-order valence-electron chi connectivity index (χ2n) is 5.62. The van der Waals surface area contributed by atoms with Gasteiger partial charge in [0.05, 0.1) is 6.54 Å². The molecule has 0 bridgehead atoms. The van der Waals surface area contributed by atoms with E-state index < -0.39 is 0 Å². The smallest absolute Gasteiger partial charge is 0.227 e. The quantitative estimate of drug-likeness (QED) is 0.697. The van der Waals surface area contributed by atoms with Crippen LogP contribution in [0.3, 0.4) is 0 Å². The summed E-state index contributed by atoms with van der Waals surface area (Å²) in [7, 11) is 0. The van der Waals surface area contributed by atoms with Crippen LogP contribution in [0.15, 0.2) is 24.3 Å². The summed E-state index contributed by atoms with van der Waals surface area (Å²) < 4.78 is 0. The number of anilines is 1. The van der Waals surface area contributed by atoms with Crippen LogP contribution in [0.2, 0.25) is 0 Å². The SMILES string of the molecule is CCCCC(CC)C(=O)Nc1ccc(-c2n[nH]c(CN)n2)cc1. The average molecular weight is 315 g/mol. The third-order valence-corrected chi connectivity index (χ3v) is 3.91. The Kier molecular flexibility index (Phi) is 6.29. The summed E-state index contributed by atoms with van der Waals surface area (Å²) in [6, 6.07) is 7.54. The van der Waals surface area contributed by atoms with Crippen LogP contribution in [-0.2, 0) is 11.3 Å². The van der Waals surface area contributed by atoms with Crippen LogP contribution in [0.4, 0.5) is 5.69 Å². The van der Waals surface area contributed by atoms with Crippen molar-refractivity contribution in [3.63, 3.8) is 0 Å². The molecule has 1 amide bonds. The molecule has 1 aromatic heterocycles. The number of aromatic nitrogens is 3. The minimum atomic E-state index is 0.0785. The number of hydrogen-bond donors (Lipinski definition) is 3. The van der Waals surface area contributed by atoms with Crippen LogP contribution in [0, 0.1) is 5.92 Å². The Balaban J connectivity index is 2.00.